The molecule has 33 heavy (non-hydrogen) atoms. The molecular formula is C27H32N4OS. The molecule has 0 saturated heterocycles. The number of hydrogen-bond donors (Lipinski definition) is 1. The lowest BCUT2D eigenvalue weighted by Crippen LogP contribution is -2.46. The minimum absolute atomic E-state index is 0.154. The van der Waals surface area contributed by atoms with Crippen LogP contribution < -0.4 is 5.32 Å². The normalized spacial score (nSPS) is 16.5. The molecule has 0 spiro atoms. The second kappa shape index (κ2) is 9.48. The van der Waals surface area contributed by atoms with Crippen LogP contribution >= 0.6 is 12.2 Å². The van der Waals surface area contributed by atoms with E-state index in [2.05, 4.69) is 87.2 Å². The van der Waals surface area contributed by atoms with E-state index in [0.29, 0.717) is 17.6 Å². The second-order valence-corrected chi connectivity index (χ2v) is 9.74. The molecule has 0 saturated carbocycles. The number of aryl methyl sites for hydroxylation is 3. The molecule has 4 rings (SSSR count). The van der Waals surface area contributed by atoms with Crippen molar-refractivity contribution in [3.63, 3.8) is 0 Å². The maximum atomic E-state index is 5.85. The van der Waals surface area contributed by atoms with E-state index in [1.54, 1.807) is 0 Å². The fourth-order valence-electron chi connectivity index (χ4n) is 4.06. The van der Waals surface area contributed by atoms with E-state index in [1.165, 1.54) is 16.7 Å². The van der Waals surface area contributed by atoms with E-state index in [1.807, 2.05) is 12.1 Å². The Morgan fingerprint density at radius 1 is 1.03 bits per heavy atom. The molecule has 0 fully saturated rings. The van der Waals surface area contributed by atoms with E-state index in [-0.39, 0.29) is 6.04 Å². The molecule has 1 aliphatic rings. The third kappa shape index (κ3) is 4.86. The van der Waals surface area contributed by atoms with Crippen LogP contribution in [0, 0.1) is 26.7 Å². The molecule has 5 nitrogen and oxygen atoms in total. The van der Waals surface area contributed by atoms with Crippen molar-refractivity contribution in [1.82, 2.24) is 20.4 Å². The average Bonchev–Trinajstić information content (AvgIpc) is 3.25. The van der Waals surface area contributed by atoms with Crippen LogP contribution in [0.4, 0.5) is 0 Å². The number of aromatic nitrogens is 2. The zero-order chi connectivity index (χ0) is 23.7. The first kappa shape index (κ1) is 23.2. The maximum absolute atomic E-state index is 5.85. The number of benzene rings is 2. The number of hydrogen-bond acceptors (Lipinski definition) is 4. The van der Waals surface area contributed by atoms with Gasteiger partial charge in [-0.15, -0.1) is 0 Å². The summed E-state index contributed by atoms with van der Waals surface area (Å²) in [5, 5.41) is 8.60. The topological polar surface area (TPSA) is 54.2 Å². The number of rotatable bonds is 6. The van der Waals surface area contributed by atoms with E-state index in [9.17, 15) is 0 Å². The largest absolute Gasteiger partial charge is 0.351 e. The zero-order valence-corrected chi connectivity index (χ0v) is 21.1. The van der Waals surface area contributed by atoms with Crippen LogP contribution in [0.3, 0.4) is 0 Å². The summed E-state index contributed by atoms with van der Waals surface area (Å²) in [6, 6.07) is 14.5. The third-order valence-corrected chi connectivity index (χ3v) is 6.70. The van der Waals surface area contributed by atoms with Gasteiger partial charge >= 0.3 is 0 Å². The molecule has 2 heterocycles. The molecule has 172 valence electrons. The van der Waals surface area contributed by atoms with Crippen LogP contribution in [-0.2, 0) is 0 Å². The van der Waals surface area contributed by atoms with Crippen molar-refractivity contribution < 1.29 is 4.52 Å². The molecule has 3 aromatic rings. The highest BCUT2D eigenvalue weighted by Crippen LogP contribution is 2.38. The van der Waals surface area contributed by atoms with Gasteiger partial charge < -0.3 is 14.7 Å². The summed E-state index contributed by atoms with van der Waals surface area (Å²) in [7, 11) is 0. The Labute approximate surface area is 201 Å². The molecule has 0 aliphatic carbocycles. The fourth-order valence-corrected chi connectivity index (χ4v) is 4.41. The molecule has 6 heteroatoms. The van der Waals surface area contributed by atoms with Crippen molar-refractivity contribution in [2.75, 3.05) is 6.54 Å². The van der Waals surface area contributed by atoms with Gasteiger partial charge in [0.25, 0.3) is 5.89 Å². The Balaban J connectivity index is 1.80. The summed E-state index contributed by atoms with van der Waals surface area (Å²) in [5.41, 5.74) is 7.80. The number of allylic oxidation sites excluding steroid dienone is 1. The predicted molar refractivity (Wildman–Crippen MR) is 138 cm³/mol. The van der Waals surface area contributed by atoms with Gasteiger partial charge in [0, 0.05) is 17.8 Å². The summed E-state index contributed by atoms with van der Waals surface area (Å²) in [4.78, 5) is 6.97. The lowest BCUT2D eigenvalue weighted by Gasteiger charge is -2.37. The van der Waals surface area contributed by atoms with E-state index in [0.717, 1.165) is 40.5 Å². The van der Waals surface area contributed by atoms with Gasteiger partial charge in [-0.1, -0.05) is 67.0 Å². The van der Waals surface area contributed by atoms with Crippen LogP contribution in [0.25, 0.3) is 17.0 Å². The van der Waals surface area contributed by atoms with E-state index in [4.69, 9.17) is 21.7 Å². The van der Waals surface area contributed by atoms with Crippen molar-refractivity contribution in [2.45, 2.75) is 54.0 Å². The van der Waals surface area contributed by atoms with Crippen molar-refractivity contribution in [2.24, 2.45) is 5.92 Å². The average molecular weight is 461 g/mol. The van der Waals surface area contributed by atoms with Crippen molar-refractivity contribution >= 4 is 22.9 Å². The van der Waals surface area contributed by atoms with Crippen molar-refractivity contribution in [3.05, 3.63) is 76.3 Å². The standard InChI is InChI=1S/C27H32N4OS/c1-16(2)13-14-31-20(6)23(24(28-27(31)33)22-12-9-18(4)19(5)15-22)26-29-25(30-32-26)21-10-7-17(3)8-11-21/h7-12,15-16,24H,13-14H2,1-6H3,(H,28,33). The number of nitrogens with zero attached hydrogens (tertiary/aromatic N) is 3. The third-order valence-electron chi connectivity index (χ3n) is 6.36. The van der Waals surface area contributed by atoms with Gasteiger partial charge in [0.15, 0.2) is 5.11 Å². The van der Waals surface area contributed by atoms with Gasteiger partial charge in [-0.3, -0.25) is 0 Å². The molecule has 1 atom stereocenters. The second-order valence-electron chi connectivity index (χ2n) is 9.35. The lowest BCUT2D eigenvalue weighted by atomic mass is 9.92. The Morgan fingerprint density at radius 3 is 2.42 bits per heavy atom. The van der Waals surface area contributed by atoms with Gasteiger partial charge in [0.1, 0.15) is 0 Å². The summed E-state index contributed by atoms with van der Waals surface area (Å²) < 4.78 is 5.85. The van der Waals surface area contributed by atoms with Gasteiger partial charge in [-0.2, -0.15) is 4.98 Å². The van der Waals surface area contributed by atoms with Crippen LogP contribution in [-0.4, -0.2) is 26.7 Å². The smallest absolute Gasteiger partial charge is 0.258 e. The van der Waals surface area contributed by atoms with Gasteiger partial charge in [-0.05, 0) is 68.9 Å². The molecule has 1 aromatic heterocycles. The van der Waals surface area contributed by atoms with Gasteiger partial charge in [0.05, 0.1) is 11.6 Å². The van der Waals surface area contributed by atoms with Crippen molar-refractivity contribution in [3.8, 4) is 11.4 Å². The monoisotopic (exact) mass is 460 g/mol. The molecular weight excluding hydrogens is 428 g/mol. The summed E-state index contributed by atoms with van der Waals surface area (Å²) >= 11 is 5.80. The molecule has 0 amide bonds. The lowest BCUT2D eigenvalue weighted by molar-refractivity contribution is 0.390. The van der Waals surface area contributed by atoms with Crippen LogP contribution in [0.15, 0.2) is 52.7 Å². The van der Waals surface area contributed by atoms with E-state index < -0.39 is 0 Å². The molecule has 1 aliphatic heterocycles. The summed E-state index contributed by atoms with van der Waals surface area (Å²) in [6.07, 6.45) is 1.04. The number of thiocarbonyl (C=S) groups is 1. The van der Waals surface area contributed by atoms with E-state index >= 15 is 0 Å². The van der Waals surface area contributed by atoms with Gasteiger partial charge in [0.2, 0.25) is 5.82 Å². The minimum atomic E-state index is -0.154. The fraction of sp³-hybridized carbons (Fsp3) is 0.370. The quantitative estimate of drug-likeness (QED) is 0.431. The zero-order valence-electron chi connectivity index (χ0n) is 20.3. The van der Waals surface area contributed by atoms with Crippen LogP contribution in [0.2, 0.25) is 0 Å². The van der Waals surface area contributed by atoms with Crippen LogP contribution in [0.5, 0.6) is 0 Å². The van der Waals surface area contributed by atoms with Crippen LogP contribution in [0.1, 0.15) is 61.4 Å². The molecule has 1 N–H and O–H groups in total. The van der Waals surface area contributed by atoms with Gasteiger partial charge in [-0.25, -0.2) is 0 Å². The molecule has 2 aromatic carbocycles. The molecule has 0 bridgehead atoms. The first-order chi connectivity index (χ1) is 15.7. The minimum Gasteiger partial charge on any atom is -0.351 e. The Kier molecular flexibility index (Phi) is 6.66. The molecule has 1 unspecified atom stereocenters. The summed E-state index contributed by atoms with van der Waals surface area (Å²) in [6.45, 7) is 13.7. The summed E-state index contributed by atoms with van der Waals surface area (Å²) in [5.74, 6) is 1.69. The SMILES string of the molecule is CC1=C(c2nc(-c3ccc(C)cc3)no2)C(c2ccc(C)c(C)c2)NC(=S)N1CCC(C)C. The first-order valence-electron chi connectivity index (χ1n) is 11.5. The maximum Gasteiger partial charge on any atom is 0.258 e. The molecule has 0 radical (unpaired) electrons. The van der Waals surface area contributed by atoms with Crippen molar-refractivity contribution in [1.29, 1.82) is 0 Å². The predicted octanol–water partition coefficient (Wildman–Crippen LogP) is 6.37. The number of nitrogens with one attached hydrogen (secondary N) is 1. The highest BCUT2D eigenvalue weighted by molar-refractivity contribution is 7.80. The highest BCUT2D eigenvalue weighted by Gasteiger charge is 2.34. The first-order valence-corrected chi connectivity index (χ1v) is 11.9. The Morgan fingerprint density at radius 2 is 1.76 bits per heavy atom. The highest BCUT2D eigenvalue weighted by atomic mass is 32.1. The Bertz CT molecular complexity index is 1190. The Hall–Kier alpha value is -2.99.